The standard InChI is InChI=1S/C13H21BrN4/c1-2-12-16-11(14)10-13(17-12)15-6-5-9-18-7-3-4-8-18/h10H,2-9H2,1H3,(H,15,16,17). The molecule has 2 rings (SSSR count). The van der Waals surface area contributed by atoms with Gasteiger partial charge in [0, 0.05) is 19.0 Å². The van der Waals surface area contributed by atoms with Crippen molar-refractivity contribution in [1.29, 1.82) is 0 Å². The number of nitrogens with one attached hydrogen (secondary N) is 1. The first kappa shape index (κ1) is 13.7. The van der Waals surface area contributed by atoms with Gasteiger partial charge in [-0.05, 0) is 54.8 Å². The van der Waals surface area contributed by atoms with E-state index >= 15 is 0 Å². The number of rotatable bonds is 6. The molecule has 5 heteroatoms. The number of aromatic nitrogens is 2. The van der Waals surface area contributed by atoms with Gasteiger partial charge in [0.15, 0.2) is 0 Å². The molecule has 0 atom stereocenters. The monoisotopic (exact) mass is 312 g/mol. The minimum atomic E-state index is 0.858. The summed E-state index contributed by atoms with van der Waals surface area (Å²) in [6, 6.07) is 1.94. The van der Waals surface area contributed by atoms with Crippen molar-refractivity contribution in [3.05, 3.63) is 16.5 Å². The number of likely N-dealkylation sites (tertiary alicyclic amines) is 1. The highest BCUT2D eigenvalue weighted by Crippen LogP contribution is 2.13. The number of hydrogen-bond donors (Lipinski definition) is 1. The lowest BCUT2D eigenvalue weighted by atomic mass is 10.4. The summed E-state index contributed by atoms with van der Waals surface area (Å²) in [6.07, 6.45) is 4.77. The summed E-state index contributed by atoms with van der Waals surface area (Å²) in [5, 5.41) is 3.38. The van der Waals surface area contributed by atoms with Crippen LogP contribution in [0.15, 0.2) is 10.7 Å². The predicted octanol–water partition coefficient (Wildman–Crippen LogP) is 2.70. The minimum Gasteiger partial charge on any atom is -0.370 e. The smallest absolute Gasteiger partial charge is 0.131 e. The number of aryl methyl sites for hydroxylation is 1. The molecule has 18 heavy (non-hydrogen) atoms. The van der Waals surface area contributed by atoms with Crippen LogP contribution in [0, 0.1) is 0 Å². The summed E-state index contributed by atoms with van der Waals surface area (Å²) in [7, 11) is 0. The highest BCUT2D eigenvalue weighted by Gasteiger charge is 2.10. The van der Waals surface area contributed by atoms with Crippen LogP contribution in [-0.2, 0) is 6.42 Å². The Labute approximate surface area is 117 Å². The van der Waals surface area contributed by atoms with Crippen molar-refractivity contribution < 1.29 is 0 Å². The van der Waals surface area contributed by atoms with Gasteiger partial charge in [0.2, 0.25) is 0 Å². The minimum absolute atomic E-state index is 0.858. The number of hydrogen-bond acceptors (Lipinski definition) is 4. The maximum Gasteiger partial charge on any atom is 0.131 e. The van der Waals surface area contributed by atoms with Crippen LogP contribution in [0.4, 0.5) is 5.82 Å². The first-order chi connectivity index (χ1) is 8.78. The molecule has 0 unspecified atom stereocenters. The SMILES string of the molecule is CCc1nc(Br)cc(NCCCN2CCCC2)n1. The Bertz CT molecular complexity index is 377. The van der Waals surface area contributed by atoms with Gasteiger partial charge >= 0.3 is 0 Å². The van der Waals surface area contributed by atoms with E-state index in [1.165, 1.54) is 38.9 Å². The third-order valence-corrected chi connectivity index (χ3v) is 3.62. The molecule has 0 saturated carbocycles. The number of nitrogens with zero attached hydrogens (tertiary/aromatic N) is 3. The highest BCUT2D eigenvalue weighted by atomic mass is 79.9. The summed E-state index contributed by atoms with van der Waals surface area (Å²) in [5.74, 6) is 1.81. The molecule has 0 radical (unpaired) electrons. The van der Waals surface area contributed by atoms with E-state index in [0.29, 0.717) is 0 Å². The molecule has 1 saturated heterocycles. The lowest BCUT2D eigenvalue weighted by molar-refractivity contribution is 0.337. The van der Waals surface area contributed by atoms with Crippen molar-refractivity contribution in [3.8, 4) is 0 Å². The quantitative estimate of drug-likeness (QED) is 0.648. The van der Waals surface area contributed by atoms with Crippen LogP contribution in [0.3, 0.4) is 0 Å². The summed E-state index contributed by atoms with van der Waals surface area (Å²) >= 11 is 3.42. The molecule has 0 spiro atoms. The largest absolute Gasteiger partial charge is 0.370 e. The Morgan fingerprint density at radius 3 is 2.83 bits per heavy atom. The molecule has 1 aromatic rings. The fraction of sp³-hybridized carbons (Fsp3) is 0.692. The third-order valence-electron chi connectivity index (χ3n) is 3.21. The second-order valence-corrected chi connectivity index (χ2v) is 5.49. The predicted molar refractivity (Wildman–Crippen MR) is 77.9 cm³/mol. The lowest BCUT2D eigenvalue weighted by Crippen LogP contribution is -2.22. The molecule has 0 aromatic carbocycles. The normalized spacial score (nSPS) is 16.1. The van der Waals surface area contributed by atoms with Gasteiger partial charge in [-0.15, -0.1) is 0 Å². The van der Waals surface area contributed by atoms with E-state index in [4.69, 9.17) is 0 Å². The maximum absolute atomic E-state index is 4.46. The topological polar surface area (TPSA) is 41.1 Å². The van der Waals surface area contributed by atoms with E-state index in [0.717, 1.165) is 29.2 Å². The summed E-state index contributed by atoms with van der Waals surface area (Å²) in [5.41, 5.74) is 0. The molecule has 1 aliphatic heterocycles. The summed E-state index contributed by atoms with van der Waals surface area (Å²) < 4.78 is 0.858. The van der Waals surface area contributed by atoms with E-state index in [2.05, 4.69) is 43.0 Å². The zero-order valence-corrected chi connectivity index (χ0v) is 12.5. The molecule has 1 fully saturated rings. The van der Waals surface area contributed by atoms with Crippen LogP contribution < -0.4 is 5.32 Å². The van der Waals surface area contributed by atoms with Crippen molar-refractivity contribution >= 4 is 21.7 Å². The maximum atomic E-state index is 4.46. The Morgan fingerprint density at radius 2 is 2.11 bits per heavy atom. The fourth-order valence-electron chi connectivity index (χ4n) is 2.24. The van der Waals surface area contributed by atoms with E-state index in [9.17, 15) is 0 Å². The van der Waals surface area contributed by atoms with Crippen LogP contribution in [-0.4, -0.2) is 41.0 Å². The Morgan fingerprint density at radius 1 is 1.33 bits per heavy atom. The van der Waals surface area contributed by atoms with Crippen LogP contribution in [0.1, 0.15) is 32.0 Å². The van der Waals surface area contributed by atoms with Crippen LogP contribution >= 0.6 is 15.9 Å². The van der Waals surface area contributed by atoms with Crippen molar-refractivity contribution in [3.63, 3.8) is 0 Å². The van der Waals surface area contributed by atoms with Gasteiger partial charge in [-0.2, -0.15) is 0 Å². The van der Waals surface area contributed by atoms with Gasteiger partial charge in [0.05, 0.1) is 0 Å². The van der Waals surface area contributed by atoms with Crippen LogP contribution in [0.5, 0.6) is 0 Å². The van der Waals surface area contributed by atoms with Crippen molar-refractivity contribution in [2.45, 2.75) is 32.6 Å². The molecule has 100 valence electrons. The van der Waals surface area contributed by atoms with E-state index in [1.807, 2.05) is 6.07 Å². The van der Waals surface area contributed by atoms with Gasteiger partial charge in [-0.1, -0.05) is 6.92 Å². The fourth-order valence-corrected chi connectivity index (χ4v) is 2.66. The average Bonchev–Trinajstić information content (AvgIpc) is 2.87. The Hall–Kier alpha value is -0.680. The molecule has 0 bridgehead atoms. The van der Waals surface area contributed by atoms with Crippen LogP contribution in [0.25, 0.3) is 0 Å². The first-order valence-electron chi connectivity index (χ1n) is 6.77. The molecule has 1 aromatic heterocycles. The second kappa shape index (κ2) is 7.04. The molecule has 1 aliphatic rings. The van der Waals surface area contributed by atoms with E-state index < -0.39 is 0 Å². The molecular weight excluding hydrogens is 292 g/mol. The van der Waals surface area contributed by atoms with Gasteiger partial charge in [0.1, 0.15) is 16.2 Å². The van der Waals surface area contributed by atoms with Gasteiger partial charge in [-0.3, -0.25) is 0 Å². The number of halogens is 1. The second-order valence-electron chi connectivity index (χ2n) is 4.67. The molecule has 4 nitrogen and oxygen atoms in total. The Balaban J connectivity index is 1.73. The zero-order valence-electron chi connectivity index (χ0n) is 11.0. The van der Waals surface area contributed by atoms with E-state index in [-0.39, 0.29) is 0 Å². The third kappa shape index (κ3) is 4.21. The molecule has 1 N–H and O–H groups in total. The van der Waals surface area contributed by atoms with Crippen molar-refractivity contribution in [1.82, 2.24) is 14.9 Å². The molecule has 0 amide bonds. The average molecular weight is 313 g/mol. The summed E-state index contributed by atoms with van der Waals surface area (Å²) in [6.45, 7) is 6.79. The zero-order chi connectivity index (χ0) is 12.8. The van der Waals surface area contributed by atoms with Gasteiger partial charge in [0.25, 0.3) is 0 Å². The molecular formula is C13H21BrN4. The van der Waals surface area contributed by atoms with Gasteiger partial charge in [-0.25, -0.2) is 9.97 Å². The Kier molecular flexibility index (Phi) is 5.38. The first-order valence-corrected chi connectivity index (χ1v) is 7.57. The van der Waals surface area contributed by atoms with Crippen LogP contribution in [0.2, 0.25) is 0 Å². The van der Waals surface area contributed by atoms with Crippen molar-refractivity contribution in [2.24, 2.45) is 0 Å². The molecule has 2 heterocycles. The van der Waals surface area contributed by atoms with Gasteiger partial charge < -0.3 is 10.2 Å². The molecule has 0 aliphatic carbocycles. The summed E-state index contributed by atoms with van der Waals surface area (Å²) in [4.78, 5) is 11.3. The highest BCUT2D eigenvalue weighted by molar-refractivity contribution is 9.10. The van der Waals surface area contributed by atoms with Crippen molar-refractivity contribution in [2.75, 3.05) is 31.5 Å². The van der Waals surface area contributed by atoms with E-state index in [1.54, 1.807) is 0 Å². The number of anilines is 1. The lowest BCUT2D eigenvalue weighted by Gasteiger charge is -2.14.